The molecule has 2 unspecified atom stereocenters. The summed E-state index contributed by atoms with van der Waals surface area (Å²) < 4.78 is 44.3. The highest BCUT2D eigenvalue weighted by atomic mass is 19.4. The summed E-state index contributed by atoms with van der Waals surface area (Å²) in [6.07, 6.45) is 0.118. The number of carbonyl (C=O) groups is 1. The molecule has 1 aliphatic heterocycles. The first kappa shape index (κ1) is 22.6. The van der Waals surface area contributed by atoms with Gasteiger partial charge in [0.1, 0.15) is 6.10 Å². The van der Waals surface area contributed by atoms with Gasteiger partial charge in [-0.2, -0.15) is 13.2 Å². The topological polar surface area (TPSA) is 46.5 Å². The van der Waals surface area contributed by atoms with Crippen LogP contribution in [0.1, 0.15) is 64.5 Å². The zero-order valence-electron chi connectivity index (χ0n) is 17.8. The van der Waals surface area contributed by atoms with Crippen molar-refractivity contribution in [2.75, 3.05) is 0 Å². The molecule has 3 nitrogen and oxygen atoms in total. The van der Waals surface area contributed by atoms with E-state index in [4.69, 9.17) is 4.74 Å². The second kappa shape index (κ2) is 7.88. The summed E-state index contributed by atoms with van der Waals surface area (Å²) in [5.41, 5.74) is 1.91. The second-order valence-corrected chi connectivity index (χ2v) is 9.85. The summed E-state index contributed by atoms with van der Waals surface area (Å²) in [7, 11) is 0. The van der Waals surface area contributed by atoms with Gasteiger partial charge in [-0.3, -0.25) is 4.79 Å². The Morgan fingerprint density at radius 2 is 1.77 bits per heavy atom. The number of esters is 1. The van der Waals surface area contributed by atoms with E-state index in [9.17, 15) is 23.1 Å². The van der Waals surface area contributed by atoms with Crippen LogP contribution in [0.5, 0.6) is 0 Å². The third kappa shape index (κ3) is 5.15. The minimum absolute atomic E-state index is 0.00350. The fourth-order valence-corrected chi connectivity index (χ4v) is 4.91. The Bertz CT molecular complexity index is 861. The van der Waals surface area contributed by atoms with Gasteiger partial charge in [0, 0.05) is 6.42 Å². The average Bonchev–Trinajstić information content (AvgIpc) is 2.57. The molecule has 0 saturated carbocycles. The van der Waals surface area contributed by atoms with Crippen LogP contribution in [-0.2, 0) is 15.7 Å². The number of hydrogen-bond donors (Lipinski definition) is 1. The van der Waals surface area contributed by atoms with Crippen molar-refractivity contribution in [2.24, 2.45) is 10.8 Å². The van der Waals surface area contributed by atoms with Gasteiger partial charge in [-0.25, -0.2) is 0 Å². The van der Waals surface area contributed by atoms with Crippen molar-refractivity contribution in [3.05, 3.63) is 53.1 Å². The molecule has 164 valence electrons. The summed E-state index contributed by atoms with van der Waals surface area (Å²) in [5, 5.41) is 9.84. The molecule has 1 aliphatic carbocycles. The quantitative estimate of drug-likeness (QED) is 0.615. The van der Waals surface area contributed by atoms with Crippen LogP contribution in [-0.4, -0.2) is 23.3 Å². The summed E-state index contributed by atoms with van der Waals surface area (Å²) in [6.45, 7) is 8.58. The molecule has 1 aromatic carbocycles. The van der Waals surface area contributed by atoms with Crippen LogP contribution in [0.4, 0.5) is 13.2 Å². The molecule has 0 radical (unpaired) electrons. The van der Waals surface area contributed by atoms with E-state index in [1.807, 2.05) is 6.08 Å². The van der Waals surface area contributed by atoms with E-state index in [1.54, 1.807) is 6.08 Å². The van der Waals surface area contributed by atoms with Gasteiger partial charge >= 0.3 is 12.1 Å². The van der Waals surface area contributed by atoms with Crippen molar-refractivity contribution in [1.29, 1.82) is 0 Å². The fraction of sp³-hybridized carbons (Fsp3) is 0.542. The number of aliphatic hydroxyl groups excluding tert-OH is 1. The lowest BCUT2D eigenvalue weighted by atomic mass is 9.61. The first-order chi connectivity index (χ1) is 13.8. The zero-order chi connectivity index (χ0) is 22.3. The van der Waals surface area contributed by atoms with Gasteiger partial charge in [0.2, 0.25) is 0 Å². The molecule has 0 aromatic heterocycles. The van der Waals surface area contributed by atoms with Gasteiger partial charge < -0.3 is 9.84 Å². The van der Waals surface area contributed by atoms with Crippen LogP contribution >= 0.6 is 0 Å². The molecule has 1 fully saturated rings. The van der Waals surface area contributed by atoms with Crippen LogP contribution in [0.15, 0.2) is 42.0 Å². The lowest BCUT2D eigenvalue weighted by Gasteiger charge is -2.43. The maximum atomic E-state index is 13.0. The molecule has 1 heterocycles. The Balaban J connectivity index is 2.02. The predicted molar refractivity (Wildman–Crippen MR) is 109 cm³/mol. The summed E-state index contributed by atoms with van der Waals surface area (Å²) in [4.78, 5) is 11.6. The molecular weight excluding hydrogens is 393 g/mol. The number of alkyl halides is 3. The molecule has 0 spiro atoms. The minimum atomic E-state index is -4.37. The highest BCUT2D eigenvalue weighted by molar-refractivity contribution is 5.74. The Labute approximate surface area is 175 Å². The van der Waals surface area contributed by atoms with Gasteiger partial charge in [-0.05, 0) is 58.6 Å². The van der Waals surface area contributed by atoms with Crippen molar-refractivity contribution in [3.8, 4) is 0 Å². The standard InChI is InChI=1S/C24H29F3O3/c1-22(2)13-19(15-5-7-16(8-6-15)24(25,26)27)20(23(3,4)14-22)10-9-18-11-17(28)12-21(29)30-18/h5-10,17-18,28H,11-14H2,1-4H3. The summed E-state index contributed by atoms with van der Waals surface area (Å²) >= 11 is 0. The molecule has 1 aromatic rings. The van der Waals surface area contributed by atoms with Gasteiger partial charge in [0.15, 0.2) is 0 Å². The minimum Gasteiger partial charge on any atom is -0.458 e. The number of benzene rings is 1. The van der Waals surface area contributed by atoms with Crippen LogP contribution in [0.2, 0.25) is 0 Å². The Kier molecular flexibility index (Phi) is 5.93. The first-order valence-electron chi connectivity index (χ1n) is 10.2. The van der Waals surface area contributed by atoms with E-state index in [1.165, 1.54) is 12.1 Å². The molecule has 1 saturated heterocycles. The number of halogens is 3. The number of hydrogen-bond acceptors (Lipinski definition) is 3. The average molecular weight is 422 g/mol. The van der Waals surface area contributed by atoms with Crippen LogP contribution in [0.3, 0.4) is 0 Å². The highest BCUT2D eigenvalue weighted by Crippen LogP contribution is 2.52. The van der Waals surface area contributed by atoms with E-state index in [-0.39, 0.29) is 17.3 Å². The zero-order valence-corrected chi connectivity index (χ0v) is 17.8. The number of cyclic esters (lactones) is 1. The predicted octanol–water partition coefficient (Wildman–Crippen LogP) is 5.93. The number of aliphatic hydroxyl groups is 1. The molecule has 1 N–H and O–H groups in total. The van der Waals surface area contributed by atoms with Gasteiger partial charge in [-0.1, -0.05) is 45.9 Å². The van der Waals surface area contributed by atoms with E-state index in [2.05, 4.69) is 27.7 Å². The lowest BCUT2D eigenvalue weighted by Crippen LogP contribution is -2.32. The third-order valence-electron chi connectivity index (χ3n) is 5.86. The maximum Gasteiger partial charge on any atom is 0.416 e. The molecule has 2 atom stereocenters. The first-order valence-corrected chi connectivity index (χ1v) is 10.2. The number of ether oxygens (including phenoxy) is 1. The fourth-order valence-electron chi connectivity index (χ4n) is 4.91. The van der Waals surface area contributed by atoms with Crippen molar-refractivity contribution >= 4 is 11.5 Å². The van der Waals surface area contributed by atoms with Crippen molar-refractivity contribution in [1.82, 2.24) is 0 Å². The van der Waals surface area contributed by atoms with E-state index < -0.39 is 29.9 Å². The molecule has 0 amide bonds. The van der Waals surface area contributed by atoms with Crippen molar-refractivity contribution < 1.29 is 27.8 Å². The normalized spacial score (nSPS) is 26.7. The Morgan fingerprint density at radius 1 is 1.13 bits per heavy atom. The van der Waals surface area contributed by atoms with E-state index >= 15 is 0 Å². The van der Waals surface area contributed by atoms with Gasteiger partial charge in [-0.15, -0.1) is 0 Å². The molecule has 30 heavy (non-hydrogen) atoms. The number of allylic oxidation sites excluding steroid dienone is 3. The molecular formula is C24H29F3O3. The van der Waals surface area contributed by atoms with Crippen LogP contribution in [0, 0.1) is 10.8 Å². The maximum absolute atomic E-state index is 13.0. The largest absolute Gasteiger partial charge is 0.458 e. The van der Waals surface area contributed by atoms with Crippen molar-refractivity contribution in [3.63, 3.8) is 0 Å². The highest BCUT2D eigenvalue weighted by Gasteiger charge is 2.39. The molecule has 0 bridgehead atoms. The summed E-state index contributed by atoms with van der Waals surface area (Å²) in [5.74, 6) is -0.426. The molecule has 6 heteroatoms. The van der Waals surface area contributed by atoms with Crippen LogP contribution < -0.4 is 0 Å². The lowest BCUT2D eigenvalue weighted by molar-refractivity contribution is -0.156. The van der Waals surface area contributed by atoms with Gasteiger partial charge in [0.05, 0.1) is 18.1 Å². The third-order valence-corrected chi connectivity index (χ3v) is 5.86. The SMILES string of the molecule is CC1(C)CC(c2ccc(C(F)(F)F)cc2)=C(C=CC2CC(O)CC(=O)O2)C(C)(C)C1. The van der Waals surface area contributed by atoms with E-state index in [0.717, 1.165) is 41.7 Å². The molecule has 2 aliphatic rings. The van der Waals surface area contributed by atoms with Crippen LogP contribution in [0.25, 0.3) is 5.57 Å². The Hall–Kier alpha value is -2.08. The van der Waals surface area contributed by atoms with Gasteiger partial charge in [0.25, 0.3) is 0 Å². The monoisotopic (exact) mass is 422 g/mol. The molecule has 3 rings (SSSR count). The Morgan fingerprint density at radius 3 is 2.33 bits per heavy atom. The summed E-state index contributed by atoms with van der Waals surface area (Å²) in [6, 6.07) is 5.32. The second-order valence-electron chi connectivity index (χ2n) is 9.85. The van der Waals surface area contributed by atoms with Crippen molar-refractivity contribution in [2.45, 2.75) is 71.8 Å². The van der Waals surface area contributed by atoms with E-state index in [0.29, 0.717) is 6.42 Å². The smallest absolute Gasteiger partial charge is 0.416 e. The number of carbonyl (C=O) groups excluding carboxylic acids is 1. The number of rotatable bonds is 3.